The third-order valence-corrected chi connectivity index (χ3v) is 7.40. The molecule has 2 nitrogen and oxygen atoms in total. The van der Waals surface area contributed by atoms with Gasteiger partial charge < -0.3 is 4.74 Å². The number of carbonyl (C=O) groups is 1. The smallest absolute Gasteiger partial charge is 0.305 e. The predicted molar refractivity (Wildman–Crippen MR) is 161 cm³/mol. The molecule has 0 bridgehead atoms. The summed E-state index contributed by atoms with van der Waals surface area (Å²) in [4.78, 5) is 11.9. The summed E-state index contributed by atoms with van der Waals surface area (Å²) in [5, 5.41) is 0. The summed E-state index contributed by atoms with van der Waals surface area (Å²) in [7, 11) is 0. The Morgan fingerprint density at radius 1 is 0.444 bits per heavy atom. The summed E-state index contributed by atoms with van der Waals surface area (Å²) in [5.41, 5.74) is 0. The number of esters is 1. The monoisotopic (exact) mass is 507 g/mol. The molecular weight excluding hydrogens is 440 g/mol. The largest absolute Gasteiger partial charge is 0.466 e. The molecular formula is C34H66O2. The van der Waals surface area contributed by atoms with Crippen molar-refractivity contribution >= 4 is 5.97 Å². The molecule has 214 valence electrons. The third-order valence-electron chi connectivity index (χ3n) is 7.40. The van der Waals surface area contributed by atoms with Gasteiger partial charge in [-0.3, -0.25) is 4.79 Å². The van der Waals surface area contributed by atoms with Crippen molar-refractivity contribution < 1.29 is 9.53 Å². The van der Waals surface area contributed by atoms with E-state index in [2.05, 4.69) is 26.0 Å². The van der Waals surface area contributed by atoms with Crippen molar-refractivity contribution in [3.63, 3.8) is 0 Å². The van der Waals surface area contributed by atoms with Gasteiger partial charge in [-0.25, -0.2) is 0 Å². The van der Waals surface area contributed by atoms with Gasteiger partial charge in [-0.15, -0.1) is 0 Å². The molecule has 0 aromatic carbocycles. The van der Waals surface area contributed by atoms with Crippen molar-refractivity contribution in [3.8, 4) is 0 Å². The highest BCUT2D eigenvalue weighted by atomic mass is 16.5. The second kappa shape index (κ2) is 32.2. The Labute approximate surface area is 227 Å². The number of ether oxygens (including phenoxy) is 1. The van der Waals surface area contributed by atoms with Crippen LogP contribution in [0.1, 0.15) is 194 Å². The highest BCUT2D eigenvalue weighted by Gasteiger charge is 2.02. The van der Waals surface area contributed by atoms with Gasteiger partial charge in [-0.1, -0.05) is 167 Å². The first-order valence-electron chi connectivity index (χ1n) is 16.6. The molecule has 0 spiro atoms. The van der Waals surface area contributed by atoms with E-state index in [1.54, 1.807) is 0 Å². The van der Waals surface area contributed by atoms with Crippen LogP contribution in [0, 0.1) is 0 Å². The minimum absolute atomic E-state index is 0.0193. The standard InChI is InChI=1S/C34H66O2/c1-3-5-7-9-11-13-15-17-18-19-20-21-22-24-26-28-30-32-34(35)36-33-31-29-27-25-23-16-14-12-10-8-6-4-2/h10,12H,3-9,11,13-33H2,1-2H3/b12-10-. The van der Waals surface area contributed by atoms with E-state index < -0.39 is 0 Å². The maximum Gasteiger partial charge on any atom is 0.305 e. The van der Waals surface area contributed by atoms with Gasteiger partial charge in [-0.05, 0) is 32.1 Å². The van der Waals surface area contributed by atoms with Gasteiger partial charge in [0, 0.05) is 6.42 Å². The molecule has 0 unspecified atom stereocenters. The fraction of sp³-hybridized carbons (Fsp3) is 0.912. The molecule has 0 heterocycles. The average molecular weight is 507 g/mol. The number of hydrogen-bond donors (Lipinski definition) is 0. The zero-order chi connectivity index (χ0) is 26.2. The van der Waals surface area contributed by atoms with Gasteiger partial charge in [0.2, 0.25) is 0 Å². The van der Waals surface area contributed by atoms with E-state index in [9.17, 15) is 4.79 Å². The van der Waals surface area contributed by atoms with Crippen LogP contribution in [-0.4, -0.2) is 12.6 Å². The summed E-state index contributed by atoms with van der Waals surface area (Å²) in [6.07, 6.45) is 41.2. The molecule has 0 aliphatic rings. The molecule has 0 saturated heterocycles. The molecule has 0 atom stereocenters. The molecule has 0 radical (unpaired) electrons. The van der Waals surface area contributed by atoms with Gasteiger partial charge in [0.05, 0.1) is 6.61 Å². The fourth-order valence-corrected chi connectivity index (χ4v) is 4.88. The van der Waals surface area contributed by atoms with Crippen molar-refractivity contribution in [1.82, 2.24) is 0 Å². The van der Waals surface area contributed by atoms with Crippen molar-refractivity contribution in [1.29, 1.82) is 0 Å². The summed E-state index contributed by atoms with van der Waals surface area (Å²) in [6.45, 7) is 5.16. The number of hydrogen-bond acceptors (Lipinski definition) is 2. The Balaban J connectivity index is 3.16. The SMILES string of the molecule is CCCC/C=C\CCCCCCCCOC(=O)CCCCCCCCCCCCCCCCCCC. The zero-order valence-electron chi connectivity index (χ0n) is 25.0. The number of allylic oxidation sites excluding steroid dienone is 2. The first-order valence-corrected chi connectivity index (χ1v) is 16.6. The Kier molecular flexibility index (Phi) is 31.5. The Hall–Kier alpha value is -0.790. The highest BCUT2D eigenvalue weighted by molar-refractivity contribution is 5.69. The quantitative estimate of drug-likeness (QED) is 0.0550. The van der Waals surface area contributed by atoms with E-state index in [0.717, 1.165) is 12.8 Å². The molecule has 0 saturated carbocycles. The first-order chi connectivity index (χ1) is 17.8. The van der Waals surface area contributed by atoms with Crippen LogP contribution in [0.2, 0.25) is 0 Å². The second-order valence-corrected chi connectivity index (χ2v) is 11.2. The maximum absolute atomic E-state index is 11.9. The van der Waals surface area contributed by atoms with Gasteiger partial charge >= 0.3 is 5.97 Å². The molecule has 0 aromatic rings. The minimum atomic E-state index is 0.0193. The highest BCUT2D eigenvalue weighted by Crippen LogP contribution is 2.14. The van der Waals surface area contributed by atoms with E-state index in [4.69, 9.17) is 4.74 Å². The molecule has 0 aliphatic heterocycles. The van der Waals surface area contributed by atoms with Crippen LogP contribution < -0.4 is 0 Å². The molecule has 2 heteroatoms. The molecule has 0 amide bonds. The molecule has 0 aliphatic carbocycles. The lowest BCUT2D eigenvalue weighted by Crippen LogP contribution is -2.05. The Morgan fingerprint density at radius 3 is 1.28 bits per heavy atom. The van der Waals surface area contributed by atoms with E-state index in [1.807, 2.05) is 0 Å². The van der Waals surface area contributed by atoms with Crippen LogP contribution in [0.15, 0.2) is 12.2 Å². The van der Waals surface area contributed by atoms with Gasteiger partial charge in [-0.2, -0.15) is 0 Å². The lowest BCUT2D eigenvalue weighted by atomic mass is 10.0. The molecule has 36 heavy (non-hydrogen) atoms. The van der Waals surface area contributed by atoms with Crippen LogP contribution in [0.4, 0.5) is 0 Å². The van der Waals surface area contributed by atoms with E-state index in [1.165, 1.54) is 161 Å². The number of unbranched alkanes of at least 4 members (excludes halogenated alkanes) is 24. The van der Waals surface area contributed by atoms with Crippen LogP contribution in [0.5, 0.6) is 0 Å². The van der Waals surface area contributed by atoms with Crippen molar-refractivity contribution in [2.24, 2.45) is 0 Å². The second-order valence-electron chi connectivity index (χ2n) is 11.2. The third kappa shape index (κ3) is 31.2. The van der Waals surface area contributed by atoms with E-state index in [-0.39, 0.29) is 5.97 Å². The fourth-order valence-electron chi connectivity index (χ4n) is 4.88. The zero-order valence-corrected chi connectivity index (χ0v) is 25.0. The van der Waals surface area contributed by atoms with Gasteiger partial charge in [0.15, 0.2) is 0 Å². The van der Waals surface area contributed by atoms with Crippen molar-refractivity contribution in [2.75, 3.05) is 6.61 Å². The average Bonchev–Trinajstić information content (AvgIpc) is 2.88. The summed E-state index contributed by atoms with van der Waals surface area (Å²) in [6, 6.07) is 0. The summed E-state index contributed by atoms with van der Waals surface area (Å²) >= 11 is 0. The number of rotatable bonds is 30. The molecule has 0 rings (SSSR count). The topological polar surface area (TPSA) is 26.3 Å². The first kappa shape index (κ1) is 35.2. The van der Waals surface area contributed by atoms with Crippen LogP contribution in [-0.2, 0) is 9.53 Å². The number of carbonyl (C=O) groups excluding carboxylic acids is 1. The predicted octanol–water partition coefficient (Wildman–Crippen LogP) is 12.0. The van der Waals surface area contributed by atoms with Crippen LogP contribution in [0.3, 0.4) is 0 Å². The van der Waals surface area contributed by atoms with E-state index in [0.29, 0.717) is 13.0 Å². The van der Waals surface area contributed by atoms with Crippen LogP contribution >= 0.6 is 0 Å². The minimum Gasteiger partial charge on any atom is -0.466 e. The summed E-state index contributed by atoms with van der Waals surface area (Å²) in [5.74, 6) is 0.0193. The van der Waals surface area contributed by atoms with Crippen LogP contribution in [0.25, 0.3) is 0 Å². The Bertz CT molecular complexity index is 442. The van der Waals surface area contributed by atoms with Gasteiger partial charge in [0.1, 0.15) is 0 Å². The lowest BCUT2D eigenvalue weighted by Gasteiger charge is -2.05. The molecule has 0 N–H and O–H groups in total. The maximum atomic E-state index is 11.9. The van der Waals surface area contributed by atoms with E-state index >= 15 is 0 Å². The summed E-state index contributed by atoms with van der Waals surface area (Å²) < 4.78 is 5.41. The van der Waals surface area contributed by atoms with Crippen molar-refractivity contribution in [2.45, 2.75) is 194 Å². The Morgan fingerprint density at radius 2 is 0.806 bits per heavy atom. The molecule has 0 fully saturated rings. The lowest BCUT2D eigenvalue weighted by molar-refractivity contribution is -0.143. The van der Waals surface area contributed by atoms with Crippen molar-refractivity contribution in [3.05, 3.63) is 12.2 Å². The van der Waals surface area contributed by atoms with Gasteiger partial charge in [0.25, 0.3) is 0 Å². The normalized spacial score (nSPS) is 11.5. The molecule has 0 aromatic heterocycles.